The second kappa shape index (κ2) is 13.6. The molecule has 0 aromatic carbocycles. The van der Waals surface area contributed by atoms with Crippen LogP contribution in [0, 0.1) is 18.8 Å². The quantitative estimate of drug-likeness (QED) is 0.353. The molecule has 0 aromatic rings. The summed E-state index contributed by atoms with van der Waals surface area (Å²) < 4.78 is 0. The minimum Gasteiger partial charge on any atom is -0.299 e. The summed E-state index contributed by atoms with van der Waals surface area (Å²) in [6.45, 7) is 0. The fraction of sp³-hybridized carbons (Fsp3) is 0.812. The number of hydrogen-bond donors (Lipinski definition) is 0. The van der Waals surface area contributed by atoms with Gasteiger partial charge in [-0.25, -0.2) is 0 Å². The zero-order valence-electron chi connectivity index (χ0n) is 11.9. The summed E-state index contributed by atoms with van der Waals surface area (Å²) in [6, 6.07) is 0. The molecule has 0 N–H and O–H groups in total. The molecule has 112 valence electrons. The van der Waals surface area contributed by atoms with Crippen molar-refractivity contribution in [2.75, 3.05) is 5.33 Å². The van der Waals surface area contributed by atoms with Crippen molar-refractivity contribution in [2.45, 2.75) is 70.6 Å². The minimum atomic E-state index is 0. The number of hydrogen-bond acceptors (Lipinski definition) is 1. The Hall–Kier alpha value is 0.669. The van der Waals surface area contributed by atoms with E-state index in [1.807, 2.05) is 0 Å². The molecule has 2 rings (SSSR count). The number of Topliss-reactive ketones (excluding diaryl/α,β-unsaturated/α-hetero) is 1. The van der Waals surface area contributed by atoms with Crippen LogP contribution in [-0.4, -0.2) is 11.1 Å². The van der Waals surface area contributed by atoms with Crippen LogP contribution < -0.4 is 0 Å². The maximum absolute atomic E-state index is 11.5. The van der Waals surface area contributed by atoms with E-state index in [4.69, 9.17) is 0 Å². The van der Waals surface area contributed by atoms with Gasteiger partial charge in [0.05, 0.1) is 0 Å². The molecule has 2 saturated carbocycles. The summed E-state index contributed by atoms with van der Waals surface area (Å²) in [5.41, 5.74) is 0. The first kappa shape index (κ1) is 19.7. The molecule has 0 amide bonds. The monoisotopic (exact) mass is 370 g/mol. The van der Waals surface area contributed by atoms with Crippen molar-refractivity contribution in [3.63, 3.8) is 0 Å². The normalized spacial score (nSPS) is 18.6. The van der Waals surface area contributed by atoms with E-state index in [2.05, 4.69) is 28.8 Å². The largest absolute Gasteiger partial charge is 0.299 e. The van der Waals surface area contributed by atoms with Crippen molar-refractivity contribution in [1.82, 2.24) is 0 Å². The zero-order chi connectivity index (χ0) is 13.1. The first-order valence-corrected chi connectivity index (χ1v) is 8.72. The second-order valence-corrected chi connectivity index (χ2v) is 6.14. The van der Waals surface area contributed by atoms with Crippen LogP contribution in [0.4, 0.5) is 0 Å². The second-order valence-electron chi connectivity index (χ2n) is 5.35. The maximum Gasteiger partial charge on any atom is 0.136 e. The number of halogens is 1. The van der Waals surface area contributed by atoms with E-state index in [-0.39, 0.29) is 23.0 Å². The number of ketones is 1. The Balaban J connectivity index is 0.000000454. The molecule has 0 aliphatic heterocycles. The van der Waals surface area contributed by atoms with Gasteiger partial charge in [0.15, 0.2) is 0 Å². The van der Waals surface area contributed by atoms with Crippen molar-refractivity contribution in [3.8, 4) is 0 Å². The molecule has 0 spiro atoms. The number of unbranched alkanes of at least 4 members (excludes halogenated alkanes) is 2. The van der Waals surface area contributed by atoms with E-state index >= 15 is 0 Å². The van der Waals surface area contributed by atoms with Gasteiger partial charge >= 0.3 is 0 Å². The van der Waals surface area contributed by atoms with Gasteiger partial charge in [0, 0.05) is 34.7 Å². The van der Waals surface area contributed by atoms with E-state index in [0.717, 1.165) is 31.0 Å². The van der Waals surface area contributed by atoms with Gasteiger partial charge in [0.1, 0.15) is 5.78 Å². The van der Waals surface area contributed by atoms with Crippen LogP contribution in [0.15, 0.2) is 0 Å². The van der Waals surface area contributed by atoms with Crippen LogP contribution >= 0.6 is 15.9 Å². The summed E-state index contributed by atoms with van der Waals surface area (Å²) in [4.78, 5) is 11.5. The zero-order valence-corrected chi connectivity index (χ0v) is 14.5. The fourth-order valence-corrected chi connectivity index (χ4v) is 2.94. The summed E-state index contributed by atoms with van der Waals surface area (Å²) in [5.74, 6) is 0.701. The van der Waals surface area contributed by atoms with Gasteiger partial charge in [0.25, 0.3) is 0 Å². The van der Waals surface area contributed by atoms with E-state index in [9.17, 15) is 4.79 Å². The topological polar surface area (TPSA) is 17.1 Å². The number of rotatable bonds is 6. The number of alkyl halides is 1. The Morgan fingerprint density at radius 2 is 1.68 bits per heavy atom. The summed E-state index contributed by atoms with van der Waals surface area (Å²) in [7, 11) is 0. The Morgan fingerprint density at radius 3 is 2.16 bits per heavy atom. The van der Waals surface area contributed by atoms with Gasteiger partial charge in [-0.3, -0.25) is 4.79 Å². The van der Waals surface area contributed by atoms with Crippen molar-refractivity contribution < 1.29 is 21.9 Å². The SMILES string of the molecule is C1CCCC1.O=C(CCCCCBr)C1[CH][CH]CC1.[Fe]. The first-order chi connectivity index (χ1) is 8.84. The van der Waals surface area contributed by atoms with Crippen LogP contribution in [-0.2, 0) is 21.9 Å². The van der Waals surface area contributed by atoms with Crippen molar-refractivity contribution >= 4 is 21.7 Å². The minimum absolute atomic E-state index is 0. The molecular formula is C16H27BrFeO. The van der Waals surface area contributed by atoms with Gasteiger partial charge in [-0.2, -0.15) is 0 Å². The molecule has 3 heteroatoms. The Morgan fingerprint density at radius 1 is 1.05 bits per heavy atom. The average Bonchev–Trinajstić information content (AvgIpc) is 3.09. The van der Waals surface area contributed by atoms with Crippen molar-refractivity contribution in [2.24, 2.45) is 5.92 Å². The smallest absolute Gasteiger partial charge is 0.136 e. The van der Waals surface area contributed by atoms with E-state index in [0.29, 0.717) is 5.78 Å². The molecule has 1 unspecified atom stereocenters. The predicted molar refractivity (Wildman–Crippen MR) is 81.7 cm³/mol. The van der Waals surface area contributed by atoms with Crippen LogP contribution in [0.3, 0.4) is 0 Å². The molecule has 1 nitrogen and oxygen atoms in total. The third-order valence-electron chi connectivity index (χ3n) is 3.73. The van der Waals surface area contributed by atoms with Gasteiger partial charge in [-0.15, -0.1) is 0 Å². The molecule has 0 aromatic heterocycles. The molecule has 2 aliphatic rings. The van der Waals surface area contributed by atoms with Gasteiger partial charge in [-0.05, 0) is 38.5 Å². The molecule has 0 saturated heterocycles. The molecule has 2 fully saturated rings. The van der Waals surface area contributed by atoms with E-state index in [1.54, 1.807) is 0 Å². The molecule has 1 atom stereocenters. The molecule has 0 heterocycles. The number of carbonyl (C=O) groups excluding carboxylic acids is 1. The van der Waals surface area contributed by atoms with E-state index in [1.165, 1.54) is 44.9 Å². The van der Waals surface area contributed by atoms with Crippen LogP contribution in [0.1, 0.15) is 70.6 Å². The summed E-state index contributed by atoms with van der Waals surface area (Å²) in [5, 5.41) is 1.06. The van der Waals surface area contributed by atoms with Gasteiger partial charge < -0.3 is 0 Å². The Bertz CT molecular complexity index is 203. The van der Waals surface area contributed by atoms with Gasteiger partial charge in [0.2, 0.25) is 0 Å². The molecular weight excluding hydrogens is 344 g/mol. The third-order valence-corrected chi connectivity index (χ3v) is 4.29. The Kier molecular flexibility index (Phi) is 14.1. The number of carbonyl (C=O) groups is 1. The fourth-order valence-electron chi connectivity index (χ4n) is 2.54. The molecule has 2 aliphatic carbocycles. The van der Waals surface area contributed by atoms with Crippen LogP contribution in [0.5, 0.6) is 0 Å². The van der Waals surface area contributed by atoms with E-state index < -0.39 is 0 Å². The van der Waals surface area contributed by atoms with Crippen LogP contribution in [0.2, 0.25) is 0 Å². The van der Waals surface area contributed by atoms with Gasteiger partial charge in [-0.1, -0.05) is 54.5 Å². The standard InChI is InChI=1S/C11H17BrO.C5H10.Fe/c12-9-5-1-2-8-11(13)10-6-3-4-7-10;1-2-4-5-3-1;/h3,6,10H,1-2,4-5,7-9H2;1-5H2;. The first-order valence-electron chi connectivity index (χ1n) is 7.60. The third kappa shape index (κ3) is 10.1. The van der Waals surface area contributed by atoms with Crippen molar-refractivity contribution in [1.29, 1.82) is 0 Å². The maximum atomic E-state index is 11.5. The Labute approximate surface area is 138 Å². The molecule has 0 bridgehead atoms. The predicted octanol–water partition coefficient (Wildman–Crippen LogP) is 5.28. The average molecular weight is 371 g/mol. The van der Waals surface area contributed by atoms with Crippen molar-refractivity contribution in [3.05, 3.63) is 12.8 Å². The summed E-state index contributed by atoms with van der Waals surface area (Å²) in [6.07, 6.45) is 18.1. The van der Waals surface area contributed by atoms with Crippen LogP contribution in [0.25, 0.3) is 0 Å². The summed E-state index contributed by atoms with van der Waals surface area (Å²) >= 11 is 3.39. The molecule has 19 heavy (non-hydrogen) atoms. The molecule has 2 radical (unpaired) electrons.